The first-order valence-corrected chi connectivity index (χ1v) is 8.48. The van der Waals surface area contributed by atoms with Crippen LogP contribution < -0.4 is 0 Å². The van der Waals surface area contributed by atoms with Crippen molar-refractivity contribution < 1.29 is 10.2 Å². The van der Waals surface area contributed by atoms with Crippen molar-refractivity contribution in [2.24, 2.45) is 0 Å². The molecule has 1 heterocycles. The zero-order chi connectivity index (χ0) is 16.4. The number of allylic oxidation sites excluding steroid dienone is 2. The fourth-order valence-electron chi connectivity index (χ4n) is 4.58. The molecule has 3 heteroatoms. The third-order valence-electron chi connectivity index (χ3n) is 5.71. The van der Waals surface area contributed by atoms with E-state index in [1.165, 1.54) is 5.39 Å². The summed E-state index contributed by atoms with van der Waals surface area (Å²) in [5, 5.41) is 24.0. The summed E-state index contributed by atoms with van der Waals surface area (Å²) >= 11 is 0. The van der Waals surface area contributed by atoms with Crippen LogP contribution in [0.5, 0.6) is 11.8 Å². The minimum atomic E-state index is -0.138. The number of aromatic hydroxyl groups is 2. The van der Waals surface area contributed by atoms with Gasteiger partial charge >= 0.3 is 0 Å². The highest BCUT2D eigenvalue weighted by Gasteiger charge is 2.41. The molecule has 120 valence electrons. The van der Waals surface area contributed by atoms with Crippen molar-refractivity contribution in [1.82, 2.24) is 4.57 Å². The van der Waals surface area contributed by atoms with Crippen molar-refractivity contribution in [3.05, 3.63) is 71.3 Å². The van der Waals surface area contributed by atoms with Crippen molar-refractivity contribution in [2.75, 3.05) is 0 Å². The number of fused-ring (bicyclic) bond motifs is 6. The molecule has 2 bridgehead atoms. The Morgan fingerprint density at radius 2 is 1.54 bits per heavy atom. The summed E-state index contributed by atoms with van der Waals surface area (Å²) in [6.45, 7) is 2.03. The number of aromatic nitrogens is 1. The number of nitrogens with zero attached hydrogens (tertiary/aromatic N) is 1. The molecule has 2 aliphatic carbocycles. The topological polar surface area (TPSA) is 45.4 Å². The highest BCUT2D eigenvalue weighted by molar-refractivity contribution is 5.86. The van der Waals surface area contributed by atoms with Gasteiger partial charge in [-0.3, -0.25) is 4.57 Å². The molecule has 2 N–H and O–H groups in total. The lowest BCUT2D eigenvalue weighted by molar-refractivity contribution is 0.351. The third-order valence-corrected chi connectivity index (χ3v) is 5.71. The van der Waals surface area contributed by atoms with Gasteiger partial charge in [0.2, 0.25) is 0 Å². The van der Waals surface area contributed by atoms with Crippen LogP contribution in [0.3, 0.4) is 0 Å². The zero-order valence-corrected chi connectivity index (χ0v) is 13.5. The fraction of sp³-hybridized carbons (Fsp3) is 0.238. The summed E-state index contributed by atoms with van der Waals surface area (Å²) in [7, 11) is 0. The van der Waals surface area contributed by atoms with Gasteiger partial charge in [0.15, 0.2) is 11.8 Å². The van der Waals surface area contributed by atoms with Crippen LogP contribution in [-0.2, 0) is 0 Å². The van der Waals surface area contributed by atoms with Gasteiger partial charge in [0.1, 0.15) is 0 Å². The standard InChI is InChI=1S/C21H19NO2/c1-12(16-8-4-6-13-5-2-3-7-17(13)16)22-20(23)18-14-9-10-15(11-14)19(18)21(22)24/h2-10,12,14-15,23-24H,11H2,1H3/t12-,14-,15+/m1/s1. The lowest BCUT2D eigenvalue weighted by Gasteiger charge is -2.19. The average Bonchev–Trinajstić information content (AvgIpc) is 3.28. The molecule has 24 heavy (non-hydrogen) atoms. The maximum atomic E-state index is 10.8. The smallest absolute Gasteiger partial charge is 0.198 e. The summed E-state index contributed by atoms with van der Waals surface area (Å²) in [5.74, 6) is 0.938. The van der Waals surface area contributed by atoms with E-state index < -0.39 is 0 Å². The molecular weight excluding hydrogens is 298 g/mol. The highest BCUT2D eigenvalue weighted by atomic mass is 16.3. The van der Waals surface area contributed by atoms with Gasteiger partial charge in [0.05, 0.1) is 6.04 Å². The van der Waals surface area contributed by atoms with E-state index in [9.17, 15) is 10.2 Å². The van der Waals surface area contributed by atoms with Crippen LogP contribution >= 0.6 is 0 Å². The first-order chi connectivity index (χ1) is 11.7. The van der Waals surface area contributed by atoms with Gasteiger partial charge < -0.3 is 10.2 Å². The second-order valence-electron chi connectivity index (χ2n) is 6.92. The van der Waals surface area contributed by atoms with Gasteiger partial charge in [-0.15, -0.1) is 0 Å². The van der Waals surface area contributed by atoms with Crippen molar-refractivity contribution in [3.63, 3.8) is 0 Å². The van der Waals surface area contributed by atoms with Gasteiger partial charge in [0.25, 0.3) is 0 Å². The SMILES string of the molecule is C[C@H](c1cccc2ccccc12)n1c(O)c2c(c1O)[C@H]1C=C[C@@H]2C1. The van der Waals surface area contributed by atoms with E-state index in [1.54, 1.807) is 4.57 Å². The molecule has 0 saturated heterocycles. The summed E-state index contributed by atoms with van der Waals surface area (Å²) < 4.78 is 1.69. The highest BCUT2D eigenvalue weighted by Crippen LogP contribution is 2.57. The molecule has 0 saturated carbocycles. The van der Waals surface area contributed by atoms with E-state index in [0.717, 1.165) is 28.5 Å². The molecular formula is C21H19NO2. The third kappa shape index (κ3) is 1.62. The van der Waals surface area contributed by atoms with E-state index in [4.69, 9.17) is 0 Å². The molecule has 1 aromatic heterocycles. The largest absolute Gasteiger partial charge is 0.494 e. The number of hydrogen-bond acceptors (Lipinski definition) is 2. The Balaban J connectivity index is 1.70. The van der Waals surface area contributed by atoms with Crippen molar-refractivity contribution >= 4 is 10.8 Å². The van der Waals surface area contributed by atoms with Crippen LogP contribution in [0.2, 0.25) is 0 Å². The Morgan fingerprint density at radius 3 is 2.25 bits per heavy atom. The molecule has 0 fully saturated rings. The predicted molar refractivity (Wildman–Crippen MR) is 94.8 cm³/mol. The van der Waals surface area contributed by atoms with Gasteiger partial charge in [-0.25, -0.2) is 0 Å². The first-order valence-electron chi connectivity index (χ1n) is 8.48. The van der Waals surface area contributed by atoms with E-state index in [2.05, 4.69) is 36.4 Å². The van der Waals surface area contributed by atoms with E-state index in [1.807, 2.05) is 25.1 Å². The lowest BCUT2D eigenvalue weighted by atomic mass is 9.99. The molecule has 0 amide bonds. The Hall–Kier alpha value is -2.68. The molecule has 3 aromatic rings. The van der Waals surface area contributed by atoms with Crippen molar-refractivity contribution in [2.45, 2.75) is 31.2 Å². The Bertz CT molecular complexity index is 958. The molecule has 3 nitrogen and oxygen atoms in total. The van der Waals surface area contributed by atoms with Crippen LogP contribution in [0.25, 0.3) is 10.8 Å². The number of hydrogen-bond donors (Lipinski definition) is 2. The van der Waals surface area contributed by atoms with E-state index >= 15 is 0 Å². The van der Waals surface area contributed by atoms with Gasteiger partial charge in [0, 0.05) is 23.0 Å². The maximum Gasteiger partial charge on any atom is 0.198 e. The van der Waals surface area contributed by atoms with Crippen LogP contribution in [0.15, 0.2) is 54.6 Å². The monoisotopic (exact) mass is 317 g/mol. The predicted octanol–water partition coefficient (Wildman–Crippen LogP) is 4.80. The summed E-state index contributed by atoms with van der Waals surface area (Å²) in [4.78, 5) is 0. The molecule has 2 aromatic carbocycles. The van der Waals surface area contributed by atoms with E-state index in [0.29, 0.717) is 0 Å². The molecule has 0 unspecified atom stereocenters. The van der Waals surface area contributed by atoms with Crippen LogP contribution in [0.1, 0.15) is 47.9 Å². The summed E-state index contributed by atoms with van der Waals surface area (Å²) in [6.07, 6.45) is 5.29. The molecule has 0 aliphatic heterocycles. The number of rotatable bonds is 2. The van der Waals surface area contributed by atoms with Crippen LogP contribution in [-0.4, -0.2) is 14.8 Å². The second-order valence-corrected chi connectivity index (χ2v) is 6.92. The van der Waals surface area contributed by atoms with Gasteiger partial charge in [-0.2, -0.15) is 0 Å². The molecule has 2 aliphatic rings. The molecule has 3 atom stereocenters. The maximum absolute atomic E-state index is 10.8. The molecule has 0 spiro atoms. The lowest BCUT2D eigenvalue weighted by Crippen LogP contribution is -2.07. The Morgan fingerprint density at radius 1 is 0.917 bits per heavy atom. The Labute approximate surface area is 140 Å². The minimum absolute atomic E-state index is 0.138. The zero-order valence-electron chi connectivity index (χ0n) is 13.5. The van der Waals surface area contributed by atoms with Gasteiger partial charge in [-0.05, 0) is 29.7 Å². The summed E-state index contributed by atoms with van der Waals surface area (Å²) in [5.41, 5.74) is 2.95. The summed E-state index contributed by atoms with van der Waals surface area (Å²) in [6, 6.07) is 14.3. The Kier molecular flexibility index (Phi) is 2.67. The van der Waals surface area contributed by atoms with Crippen molar-refractivity contribution in [3.8, 4) is 11.8 Å². The minimum Gasteiger partial charge on any atom is -0.494 e. The van der Waals surface area contributed by atoms with E-state index in [-0.39, 0.29) is 29.6 Å². The van der Waals surface area contributed by atoms with Crippen molar-refractivity contribution in [1.29, 1.82) is 0 Å². The quantitative estimate of drug-likeness (QED) is 0.667. The molecule has 5 rings (SSSR count). The average molecular weight is 317 g/mol. The first kappa shape index (κ1) is 13.7. The molecule has 0 radical (unpaired) electrons. The van der Waals surface area contributed by atoms with Gasteiger partial charge in [-0.1, -0.05) is 54.6 Å². The van der Waals surface area contributed by atoms with Crippen LogP contribution in [0.4, 0.5) is 0 Å². The second kappa shape index (κ2) is 4.67. The van der Waals surface area contributed by atoms with Crippen LogP contribution in [0, 0.1) is 0 Å². The fourth-order valence-corrected chi connectivity index (χ4v) is 4.58. The normalized spacial score (nSPS) is 22.2. The number of benzene rings is 2.